The lowest BCUT2D eigenvalue weighted by atomic mass is 10.3. The lowest BCUT2D eigenvalue weighted by Gasteiger charge is -2.11. The molecule has 1 aromatic carbocycles. The number of para-hydroxylation sites is 1. The molecule has 0 unspecified atom stereocenters. The highest BCUT2D eigenvalue weighted by atomic mass is 35.5. The number of hydrogen-bond donors (Lipinski definition) is 1. The fourth-order valence-corrected chi connectivity index (χ4v) is 1.66. The molecule has 0 aliphatic rings. The zero-order valence-corrected chi connectivity index (χ0v) is 9.61. The standard InChI is InChI=1S/C11H12ClN3O/c1-2-16-11-8(12)4-3-5-9(11)15-7-6-10(13)14-15/h3-7H,2H2,1H3,(H2,13,14). The van der Waals surface area contributed by atoms with Crippen molar-refractivity contribution in [3.8, 4) is 11.4 Å². The molecule has 0 radical (unpaired) electrons. The Balaban J connectivity index is 2.51. The summed E-state index contributed by atoms with van der Waals surface area (Å²) in [6.45, 7) is 2.46. The fourth-order valence-electron chi connectivity index (χ4n) is 1.44. The van der Waals surface area contributed by atoms with Crippen molar-refractivity contribution in [1.29, 1.82) is 0 Å². The topological polar surface area (TPSA) is 53.1 Å². The van der Waals surface area contributed by atoms with Crippen LogP contribution in [0.1, 0.15) is 6.92 Å². The van der Waals surface area contributed by atoms with Crippen molar-refractivity contribution in [2.24, 2.45) is 0 Å². The molecule has 16 heavy (non-hydrogen) atoms. The van der Waals surface area contributed by atoms with E-state index in [1.165, 1.54) is 0 Å². The summed E-state index contributed by atoms with van der Waals surface area (Å²) < 4.78 is 7.14. The number of rotatable bonds is 3. The molecular formula is C11H12ClN3O. The normalized spacial score (nSPS) is 10.4. The Morgan fingerprint density at radius 3 is 2.88 bits per heavy atom. The van der Waals surface area contributed by atoms with Crippen molar-refractivity contribution in [2.75, 3.05) is 12.3 Å². The molecule has 0 saturated heterocycles. The number of nitrogens with zero attached hydrogens (tertiary/aromatic N) is 2. The zero-order chi connectivity index (χ0) is 11.5. The molecule has 0 bridgehead atoms. The highest BCUT2D eigenvalue weighted by Gasteiger charge is 2.10. The highest BCUT2D eigenvalue weighted by Crippen LogP contribution is 2.31. The summed E-state index contributed by atoms with van der Waals surface area (Å²) in [6, 6.07) is 7.22. The molecule has 5 heteroatoms. The van der Waals surface area contributed by atoms with Gasteiger partial charge in [0.05, 0.1) is 11.6 Å². The number of aromatic nitrogens is 2. The van der Waals surface area contributed by atoms with Gasteiger partial charge in [-0.05, 0) is 19.1 Å². The first kappa shape index (κ1) is 10.8. The lowest BCUT2D eigenvalue weighted by Crippen LogP contribution is -2.02. The molecule has 0 fully saturated rings. The number of ether oxygens (including phenoxy) is 1. The van der Waals surface area contributed by atoms with E-state index in [0.717, 1.165) is 5.69 Å². The first-order chi connectivity index (χ1) is 7.72. The van der Waals surface area contributed by atoms with Gasteiger partial charge in [-0.3, -0.25) is 0 Å². The molecule has 1 heterocycles. The molecule has 0 saturated carbocycles. The summed E-state index contributed by atoms with van der Waals surface area (Å²) in [5.41, 5.74) is 6.36. The second kappa shape index (κ2) is 4.45. The second-order valence-electron chi connectivity index (χ2n) is 3.21. The number of anilines is 1. The molecule has 84 valence electrons. The van der Waals surface area contributed by atoms with Crippen LogP contribution in [0.15, 0.2) is 30.5 Å². The van der Waals surface area contributed by atoms with E-state index in [2.05, 4.69) is 5.10 Å². The van der Waals surface area contributed by atoms with Gasteiger partial charge in [-0.25, -0.2) is 4.68 Å². The van der Waals surface area contributed by atoms with Crippen molar-refractivity contribution in [2.45, 2.75) is 6.92 Å². The number of benzene rings is 1. The van der Waals surface area contributed by atoms with Gasteiger partial charge in [-0.15, -0.1) is 0 Å². The van der Waals surface area contributed by atoms with E-state index >= 15 is 0 Å². The molecular weight excluding hydrogens is 226 g/mol. The van der Waals surface area contributed by atoms with Crippen LogP contribution < -0.4 is 10.5 Å². The summed E-state index contributed by atoms with van der Waals surface area (Å²) in [5, 5.41) is 4.68. The molecule has 4 nitrogen and oxygen atoms in total. The maximum absolute atomic E-state index is 6.07. The van der Waals surface area contributed by atoms with E-state index in [-0.39, 0.29) is 0 Å². The van der Waals surface area contributed by atoms with Crippen molar-refractivity contribution in [3.63, 3.8) is 0 Å². The van der Waals surface area contributed by atoms with E-state index in [4.69, 9.17) is 22.1 Å². The Labute approximate surface area is 98.6 Å². The third-order valence-electron chi connectivity index (χ3n) is 2.09. The average Bonchev–Trinajstić information content (AvgIpc) is 2.68. The van der Waals surface area contributed by atoms with Crippen LogP contribution in [0.2, 0.25) is 5.02 Å². The SMILES string of the molecule is CCOc1c(Cl)cccc1-n1ccc(N)n1. The maximum atomic E-state index is 6.07. The van der Waals surface area contributed by atoms with Crippen LogP contribution in [0.3, 0.4) is 0 Å². The van der Waals surface area contributed by atoms with Gasteiger partial charge in [0.25, 0.3) is 0 Å². The number of nitrogens with two attached hydrogens (primary N) is 1. The van der Waals surface area contributed by atoms with Crippen LogP contribution in [0.4, 0.5) is 5.82 Å². The summed E-state index contributed by atoms with van der Waals surface area (Å²) in [5.74, 6) is 1.08. The van der Waals surface area contributed by atoms with Crippen LogP contribution >= 0.6 is 11.6 Å². The zero-order valence-electron chi connectivity index (χ0n) is 8.85. The predicted molar refractivity (Wildman–Crippen MR) is 64.2 cm³/mol. The molecule has 0 aliphatic carbocycles. The Hall–Kier alpha value is -1.68. The van der Waals surface area contributed by atoms with Gasteiger partial charge in [-0.1, -0.05) is 17.7 Å². The van der Waals surface area contributed by atoms with Crippen LogP contribution in [0, 0.1) is 0 Å². The summed E-state index contributed by atoms with van der Waals surface area (Å²) in [7, 11) is 0. The Morgan fingerprint density at radius 1 is 1.44 bits per heavy atom. The van der Waals surface area contributed by atoms with Gasteiger partial charge in [0.1, 0.15) is 11.5 Å². The minimum absolute atomic E-state index is 0.461. The van der Waals surface area contributed by atoms with Gasteiger partial charge in [0.2, 0.25) is 0 Å². The lowest BCUT2D eigenvalue weighted by molar-refractivity contribution is 0.338. The minimum atomic E-state index is 0.461. The molecule has 2 aromatic rings. The second-order valence-corrected chi connectivity index (χ2v) is 3.61. The monoisotopic (exact) mass is 237 g/mol. The number of nitrogen functional groups attached to an aromatic ring is 1. The summed E-state index contributed by atoms with van der Waals surface area (Å²) in [4.78, 5) is 0. The van der Waals surface area contributed by atoms with Gasteiger partial charge >= 0.3 is 0 Å². The summed E-state index contributed by atoms with van der Waals surface area (Å²) in [6.07, 6.45) is 1.77. The largest absolute Gasteiger partial charge is 0.490 e. The average molecular weight is 238 g/mol. The smallest absolute Gasteiger partial charge is 0.163 e. The predicted octanol–water partition coefficient (Wildman–Crippen LogP) is 2.51. The van der Waals surface area contributed by atoms with Crippen LogP contribution in [0.25, 0.3) is 5.69 Å². The van der Waals surface area contributed by atoms with E-state index in [1.54, 1.807) is 23.0 Å². The van der Waals surface area contributed by atoms with Gasteiger partial charge < -0.3 is 10.5 Å². The van der Waals surface area contributed by atoms with E-state index in [9.17, 15) is 0 Å². The molecule has 0 aliphatic heterocycles. The van der Waals surface area contributed by atoms with Crippen LogP contribution in [0.5, 0.6) is 5.75 Å². The third-order valence-corrected chi connectivity index (χ3v) is 2.39. The minimum Gasteiger partial charge on any atom is -0.490 e. The summed E-state index contributed by atoms with van der Waals surface area (Å²) >= 11 is 6.07. The number of halogens is 1. The van der Waals surface area contributed by atoms with Crippen molar-refractivity contribution >= 4 is 17.4 Å². The first-order valence-electron chi connectivity index (χ1n) is 4.95. The maximum Gasteiger partial charge on any atom is 0.163 e. The van der Waals surface area contributed by atoms with Gasteiger partial charge in [0.15, 0.2) is 5.75 Å². The molecule has 0 atom stereocenters. The van der Waals surface area contributed by atoms with Crippen molar-refractivity contribution in [3.05, 3.63) is 35.5 Å². The molecule has 2 rings (SSSR count). The van der Waals surface area contributed by atoms with Gasteiger partial charge in [0, 0.05) is 12.3 Å². The van der Waals surface area contributed by atoms with E-state index < -0.39 is 0 Å². The van der Waals surface area contributed by atoms with Crippen LogP contribution in [-0.4, -0.2) is 16.4 Å². The third kappa shape index (κ3) is 1.97. The Morgan fingerprint density at radius 2 is 2.25 bits per heavy atom. The molecule has 1 aromatic heterocycles. The highest BCUT2D eigenvalue weighted by molar-refractivity contribution is 6.32. The van der Waals surface area contributed by atoms with Crippen molar-refractivity contribution in [1.82, 2.24) is 9.78 Å². The number of hydrogen-bond acceptors (Lipinski definition) is 3. The Bertz CT molecular complexity index is 496. The fraction of sp³-hybridized carbons (Fsp3) is 0.182. The van der Waals surface area contributed by atoms with E-state index in [0.29, 0.717) is 23.2 Å². The Kier molecular flexibility index (Phi) is 3.01. The molecule has 0 spiro atoms. The quantitative estimate of drug-likeness (QED) is 0.893. The van der Waals surface area contributed by atoms with Crippen molar-refractivity contribution < 1.29 is 4.74 Å². The van der Waals surface area contributed by atoms with E-state index in [1.807, 2.05) is 19.1 Å². The van der Waals surface area contributed by atoms with Gasteiger partial charge in [-0.2, -0.15) is 5.10 Å². The molecule has 2 N–H and O–H groups in total. The van der Waals surface area contributed by atoms with Crippen LogP contribution in [-0.2, 0) is 0 Å². The molecule has 0 amide bonds. The first-order valence-corrected chi connectivity index (χ1v) is 5.33.